The number of ether oxygens (including phenoxy) is 2. The van der Waals surface area contributed by atoms with E-state index in [0.717, 1.165) is 39.3 Å². The topological polar surface area (TPSA) is 55.8 Å². The van der Waals surface area contributed by atoms with Crippen LogP contribution in [0.25, 0.3) is 0 Å². The summed E-state index contributed by atoms with van der Waals surface area (Å²) in [5.41, 5.74) is 0. The lowest BCUT2D eigenvalue weighted by Gasteiger charge is -2.26. The van der Waals surface area contributed by atoms with Crippen molar-refractivity contribution in [2.45, 2.75) is 26.2 Å². The Labute approximate surface area is 95.7 Å². The Morgan fingerprint density at radius 1 is 1.25 bits per heavy atom. The van der Waals surface area contributed by atoms with Crippen LogP contribution in [-0.4, -0.2) is 49.7 Å². The molecule has 5 nitrogen and oxygen atoms in total. The van der Waals surface area contributed by atoms with E-state index in [-0.39, 0.29) is 6.42 Å². The molecule has 1 saturated heterocycles. The van der Waals surface area contributed by atoms with Gasteiger partial charge in [0.1, 0.15) is 0 Å². The van der Waals surface area contributed by atoms with E-state index in [0.29, 0.717) is 6.42 Å². The molecule has 16 heavy (non-hydrogen) atoms. The SMILES string of the molecule is CCC(=O)OC(=O)CCCN1CCOCC1. The zero-order valence-corrected chi connectivity index (χ0v) is 9.74. The monoisotopic (exact) mass is 229 g/mol. The van der Waals surface area contributed by atoms with Crippen LogP contribution in [0.4, 0.5) is 0 Å². The molecule has 0 amide bonds. The zero-order valence-electron chi connectivity index (χ0n) is 9.74. The van der Waals surface area contributed by atoms with Crippen LogP contribution >= 0.6 is 0 Å². The van der Waals surface area contributed by atoms with Gasteiger partial charge in [0.15, 0.2) is 0 Å². The number of morpholine rings is 1. The summed E-state index contributed by atoms with van der Waals surface area (Å²) in [7, 11) is 0. The summed E-state index contributed by atoms with van der Waals surface area (Å²) in [6, 6.07) is 0. The summed E-state index contributed by atoms with van der Waals surface area (Å²) in [6.07, 6.45) is 1.29. The fraction of sp³-hybridized carbons (Fsp3) is 0.818. The van der Waals surface area contributed by atoms with Crippen molar-refractivity contribution in [3.63, 3.8) is 0 Å². The van der Waals surface area contributed by atoms with Gasteiger partial charge in [0.25, 0.3) is 0 Å². The molecule has 92 valence electrons. The van der Waals surface area contributed by atoms with Gasteiger partial charge in [-0.1, -0.05) is 6.92 Å². The highest BCUT2D eigenvalue weighted by Gasteiger charge is 2.12. The van der Waals surface area contributed by atoms with E-state index in [1.807, 2.05) is 0 Å². The lowest BCUT2D eigenvalue weighted by atomic mass is 10.3. The molecule has 0 N–H and O–H groups in total. The molecule has 0 unspecified atom stereocenters. The van der Waals surface area contributed by atoms with Crippen LogP contribution in [0.3, 0.4) is 0 Å². The fourth-order valence-corrected chi connectivity index (χ4v) is 1.52. The number of rotatable bonds is 5. The largest absolute Gasteiger partial charge is 0.393 e. The van der Waals surface area contributed by atoms with Crippen molar-refractivity contribution in [2.24, 2.45) is 0 Å². The number of esters is 2. The van der Waals surface area contributed by atoms with Gasteiger partial charge in [-0.2, -0.15) is 0 Å². The molecular formula is C11H19NO4. The maximum absolute atomic E-state index is 11.2. The molecule has 0 saturated carbocycles. The molecule has 1 heterocycles. The molecule has 1 fully saturated rings. The summed E-state index contributed by atoms with van der Waals surface area (Å²) in [5, 5.41) is 0. The van der Waals surface area contributed by atoms with Crippen LogP contribution in [0.5, 0.6) is 0 Å². The molecule has 0 spiro atoms. The van der Waals surface area contributed by atoms with Crippen molar-refractivity contribution < 1.29 is 19.1 Å². The molecule has 1 rings (SSSR count). The van der Waals surface area contributed by atoms with Gasteiger partial charge in [0.05, 0.1) is 13.2 Å². The summed E-state index contributed by atoms with van der Waals surface area (Å²) < 4.78 is 9.78. The minimum absolute atomic E-state index is 0.245. The van der Waals surface area contributed by atoms with Crippen LogP contribution < -0.4 is 0 Å². The average Bonchev–Trinajstić information content (AvgIpc) is 2.30. The molecule has 0 radical (unpaired) electrons. The molecule has 0 aromatic rings. The predicted octanol–water partition coefficient (Wildman–Crippen LogP) is 0.579. The van der Waals surface area contributed by atoms with E-state index in [1.54, 1.807) is 6.92 Å². The van der Waals surface area contributed by atoms with Gasteiger partial charge in [0, 0.05) is 25.9 Å². The Morgan fingerprint density at radius 3 is 2.56 bits per heavy atom. The normalized spacial score (nSPS) is 17.1. The fourth-order valence-electron chi connectivity index (χ4n) is 1.52. The third kappa shape index (κ3) is 5.23. The quantitative estimate of drug-likeness (QED) is 0.510. The highest BCUT2D eigenvalue weighted by molar-refractivity contribution is 5.85. The first-order chi connectivity index (χ1) is 7.72. The Bertz CT molecular complexity index is 236. The molecule has 1 aliphatic rings. The number of carbonyl (C=O) groups is 2. The Hall–Kier alpha value is -0.940. The van der Waals surface area contributed by atoms with Gasteiger partial charge >= 0.3 is 11.9 Å². The minimum atomic E-state index is -0.448. The minimum Gasteiger partial charge on any atom is -0.393 e. The first-order valence-electron chi connectivity index (χ1n) is 5.76. The van der Waals surface area contributed by atoms with Gasteiger partial charge in [-0.15, -0.1) is 0 Å². The third-order valence-corrected chi connectivity index (χ3v) is 2.48. The molecule has 0 aromatic carbocycles. The van der Waals surface area contributed by atoms with Crippen LogP contribution in [0.15, 0.2) is 0 Å². The maximum Gasteiger partial charge on any atom is 0.313 e. The lowest BCUT2D eigenvalue weighted by Crippen LogP contribution is -2.37. The van der Waals surface area contributed by atoms with Crippen LogP contribution in [-0.2, 0) is 19.1 Å². The van der Waals surface area contributed by atoms with Crippen LogP contribution in [0, 0.1) is 0 Å². The first-order valence-corrected chi connectivity index (χ1v) is 5.76. The van der Waals surface area contributed by atoms with Crippen molar-refractivity contribution in [1.82, 2.24) is 4.90 Å². The molecule has 0 aliphatic carbocycles. The number of hydrogen-bond acceptors (Lipinski definition) is 5. The van der Waals surface area contributed by atoms with Crippen molar-refractivity contribution in [2.75, 3.05) is 32.8 Å². The average molecular weight is 229 g/mol. The second-order valence-corrected chi connectivity index (χ2v) is 3.76. The molecule has 0 atom stereocenters. The van der Waals surface area contributed by atoms with E-state index >= 15 is 0 Å². The van der Waals surface area contributed by atoms with E-state index in [4.69, 9.17) is 4.74 Å². The van der Waals surface area contributed by atoms with Crippen molar-refractivity contribution in [1.29, 1.82) is 0 Å². The number of nitrogens with zero attached hydrogens (tertiary/aromatic N) is 1. The smallest absolute Gasteiger partial charge is 0.313 e. The van der Waals surface area contributed by atoms with Crippen molar-refractivity contribution in [3.05, 3.63) is 0 Å². The first kappa shape index (κ1) is 13.1. The Balaban J connectivity index is 2.05. The second kappa shape index (κ2) is 7.35. The Kier molecular flexibility index (Phi) is 6.03. The van der Waals surface area contributed by atoms with Crippen LogP contribution in [0.2, 0.25) is 0 Å². The van der Waals surface area contributed by atoms with Crippen LogP contribution in [0.1, 0.15) is 26.2 Å². The predicted molar refractivity (Wildman–Crippen MR) is 57.9 cm³/mol. The molecule has 0 aromatic heterocycles. The summed E-state index contributed by atoms with van der Waals surface area (Å²) in [4.78, 5) is 24.2. The van der Waals surface area contributed by atoms with Crippen molar-refractivity contribution >= 4 is 11.9 Å². The summed E-state index contributed by atoms with van der Waals surface area (Å²) in [5.74, 6) is -0.864. The Morgan fingerprint density at radius 2 is 1.94 bits per heavy atom. The summed E-state index contributed by atoms with van der Waals surface area (Å²) in [6.45, 7) is 5.89. The van der Waals surface area contributed by atoms with E-state index in [1.165, 1.54) is 0 Å². The molecule has 0 bridgehead atoms. The van der Waals surface area contributed by atoms with Crippen molar-refractivity contribution in [3.8, 4) is 0 Å². The standard InChI is InChI=1S/C11H19NO4/c1-2-10(13)16-11(14)4-3-5-12-6-8-15-9-7-12/h2-9H2,1H3. The van der Waals surface area contributed by atoms with Gasteiger partial charge in [-0.25, -0.2) is 0 Å². The van der Waals surface area contributed by atoms with E-state index in [2.05, 4.69) is 9.64 Å². The van der Waals surface area contributed by atoms with Gasteiger partial charge in [0.2, 0.25) is 0 Å². The zero-order chi connectivity index (χ0) is 11.8. The van der Waals surface area contributed by atoms with Gasteiger partial charge in [-0.05, 0) is 13.0 Å². The van der Waals surface area contributed by atoms with Gasteiger partial charge in [-0.3, -0.25) is 14.5 Å². The highest BCUT2D eigenvalue weighted by Crippen LogP contribution is 2.01. The van der Waals surface area contributed by atoms with Gasteiger partial charge < -0.3 is 9.47 Å². The number of carbonyl (C=O) groups excluding carboxylic acids is 2. The summed E-state index contributed by atoms with van der Waals surface area (Å²) >= 11 is 0. The maximum atomic E-state index is 11.2. The lowest BCUT2D eigenvalue weighted by molar-refractivity contribution is -0.159. The molecule has 1 aliphatic heterocycles. The van der Waals surface area contributed by atoms with E-state index < -0.39 is 11.9 Å². The number of hydrogen-bond donors (Lipinski definition) is 0. The highest BCUT2D eigenvalue weighted by atomic mass is 16.6. The second-order valence-electron chi connectivity index (χ2n) is 3.76. The molecule has 5 heteroatoms. The third-order valence-electron chi connectivity index (χ3n) is 2.48. The van der Waals surface area contributed by atoms with E-state index in [9.17, 15) is 9.59 Å². The molecular weight excluding hydrogens is 210 g/mol.